The highest BCUT2D eigenvalue weighted by Gasteiger charge is 2.11. The van der Waals surface area contributed by atoms with E-state index in [1.807, 2.05) is 18.2 Å². The molecule has 0 heterocycles. The van der Waals surface area contributed by atoms with E-state index < -0.39 is 10.0 Å². The Morgan fingerprint density at radius 1 is 0.895 bits per heavy atom. The van der Waals surface area contributed by atoms with Gasteiger partial charge in [-0.2, -0.15) is 0 Å². The van der Waals surface area contributed by atoms with Gasteiger partial charge in [0.15, 0.2) is 0 Å². The number of rotatable bonds is 5. The van der Waals surface area contributed by atoms with E-state index in [-0.39, 0.29) is 5.75 Å². The Morgan fingerprint density at radius 2 is 1.47 bits per heavy atom. The maximum absolute atomic E-state index is 12.0. The summed E-state index contributed by atoms with van der Waals surface area (Å²) in [6.07, 6.45) is 0. The molecule has 2 rings (SSSR count). The fourth-order valence-corrected chi connectivity index (χ4v) is 2.91. The molecule has 0 atom stereocenters. The van der Waals surface area contributed by atoms with E-state index in [1.54, 1.807) is 36.4 Å². The predicted octanol–water partition coefficient (Wildman–Crippen LogP) is 2.09. The van der Waals surface area contributed by atoms with Crippen LogP contribution in [0.4, 0.5) is 5.69 Å². The number of anilines is 1. The van der Waals surface area contributed by atoms with Crippen molar-refractivity contribution >= 4 is 15.7 Å². The Balaban J connectivity index is 2.08. The molecule has 2 aromatic rings. The van der Waals surface area contributed by atoms with E-state index in [0.29, 0.717) is 12.2 Å². The molecule has 0 aliphatic carbocycles. The molecule has 0 aromatic heterocycles. The van der Waals surface area contributed by atoms with Crippen LogP contribution in [0, 0.1) is 0 Å². The van der Waals surface area contributed by atoms with Crippen molar-refractivity contribution in [1.82, 2.24) is 0 Å². The summed E-state index contributed by atoms with van der Waals surface area (Å²) in [6, 6.07) is 16.1. The molecule has 0 spiro atoms. The van der Waals surface area contributed by atoms with Gasteiger partial charge in [0, 0.05) is 12.2 Å². The summed E-state index contributed by atoms with van der Waals surface area (Å²) in [7, 11) is -3.39. The average molecular weight is 276 g/mol. The number of nitrogens with one attached hydrogen (secondary N) is 1. The first kappa shape index (κ1) is 13.6. The number of hydrogen-bond donors (Lipinski definition) is 2. The van der Waals surface area contributed by atoms with Gasteiger partial charge in [-0.05, 0) is 23.3 Å². The SMILES string of the molecule is NCc1ccc(CS(=O)(=O)Nc2ccccc2)cc1. The summed E-state index contributed by atoms with van der Waals surface area (Å²) >= 11 is 0. The number of benzene rings is 2. The van der Waals surface area contributed by atoms with E-state index in [4.69, 9.17) is 5.73 Å². The molecule has 0 bridgehead atoms. The minimum atomic E-state index is -3.39. The molecule has 5 heteroatoms. The van der Waals surface area contributed by atoms with Gasteiger partial charge >= 0.3 is 0 Å². The second kappa shape index (κ2) is 5.86. The van der Waals surface area contributed by atoms with Crippen molar-refractivity contribution in [2.75, 3.05) is 4.72 Å². The van der Waals surface area contributed by atoms with Gasteiger partial charge in [0.1, 0.15) is 0 Å². The second-order valence-corrected chi connectivity index (χ2v) is 5.97. The van der Waals surface area contributed by atoms with E-state index in [9.17, 15) is 8.42 Å². The Labute approximate surface area is 113 Å². The van der Waals surface area contributed by atoms with Crippen LogP contribution >= 0.6 is 0 Å². The molecule has 0 unspecified atom stereocenters. The van der Waals surface area contributed by atoms with Gasteiger partial charge in [-0.15, -0.1) is 0 Å². The summed E-state index contributed by atoms with van der Waals surface area (Å²) in [5, 5.41) is 0. The maximum Gasteiger partial charge on any atom is 0.236 e. The molecule has 0 saturated heterocycles. The highest BCUT2D eigenvalue weighted by Crippen LogP contribution is 2.12. The number of sulfonamides is 1. The van der Waals surface area contributed by atoms with Gasteiger partial charge in [-0.25, -0.2) is 8.42 Å². The van der Waals surface area contributed by atoms with Crippen molar-refractivity contribution in [1.29, 1.82) is 0 Å². The molecule has 2 aromatic carbocycles. The number of nitrogens with two attached hydrogens (primary N) is 1. The van der Waals surface area contributed by atoms with Crippen LogP contribution in [0.5, 0.6) is 0 Å². The molecule has 100 valence electrons. The third kappa shape index (κ3) is 4.08. The summed E-state index contributed by atoms with van der Waals surface area (Å²) in [6.45, 7) is 0.454. The van der Waals surface area contributed by atoms with Crippen molar-refractivity contribution in [3.05, 3.63) is 65.7 Å². The lowest BCUT2D eigenvalue weighted by Crippen LogP contribution is -2.15. The van der Waals surface area contributed by atoms with Crippen molar-refractivity contribution in [3.8, 4) is 0 Å². The Hall–Kier alpha value is -1.85. The molecule has 0 aliphatic rings. The molecule has 19 heavy (non-hydrogen) atoms. The van der Waals surface area contributed by atoms with E-state index in [0.717, 1.165) is 11.1 Å². The average Bonchev–Trinajstić information content (AvgIpc) is 2.39. The summed E-state index contributed by atoms with van der Waals surface area (Å²) < 4.78 is 26.5. The minimum Gasteiger partial charge on any atom is -0.326 e. The second-order valence-electron chi connectivity index (χ2n) is 4.25. The minimum absolute atomic E-state index is 0.0489. The highest BCUT2D eigenvalue weighted by atomic mass is 32.2. The number of para-hydroxylation sites is 1. The molecule has 0 amide bonds. The van der Waals surface area contributed by atoms with Gasteiger partial charge in [0.2, 0.25) is 10.0 Å². The van der Waals surface area contributed by atoms with Crippen LogP contribution in [0.1, 0.15) is 11.1 Å². The third-order valence-corrected chi connectivity index (χ3v) is 3.92. The normalized spacial score (nSPS) is 11.2. The first-order valence-corrected chi connectivity index (χ1v) is 7.58. The van der Waals surface area contributed by atoms with E-state index >= 15 is 0 Å². The van der Waals surface area contributed by atoms with Crippen LogP contribution in [0.3, 0.4) is 0 Å². The van der Waals surface area contributed by atoms with Crippen molar-refractivity contribution < 1.29 is 8.42 Å². The summed E-state index contributed by atoms with van der Waals surface area (Å²) in [4.78, 5) is 0. The quantitative estimate of drug-likeness (QED) is 0.878. The Kier molecular flexibility index (Phi) is 4.19. The highest BCUT2D eigenvalue weighted by molar-refractivity contribution is 7.91. The third-order valence-electron chi connectivity index (χ3n) is 2.66. The topological polar surface area (TPSA) is 72.2 Å². The van der Waals surface area contributed by atoms with Gasteiger partial charge < -0.3 is 5.73 Å². The van der Waals surface area contributed by atoms with Crippen molar-refractivity contribution in [2.45, 2.75) is 12.3 Å². The van der Waals surface area contributed by atoms with E-state index in [2.05, 4.69) is 4.72 Å². The zero-order valence-corrected chi connectivity index (χ0v) is 11.2. The lowest BCUT2D eigenvalue weighted by atomic mass is 10.1. The monoisotopic (exact) mass is 276 g/mol. The van der Waals surface area contributed by atoms with Crippen LogP contribution in [0.15, 0.2) is 54.6 Å². The largest absolute Gasteiger partial charge is 0.326 e. The molecule has 0 aliphatic heterocycles. The van der Waals surface area contributed by atoms with Gasteiger partial charge in [-0.3, -0.25) is 4.72 Å². The molecule has 0 fully saturated rings. The lowest BCUT2D eigenvalue weighted by molar-refractivity contribution is 0.600. The van der Waals surface area contributed by atoms with Crippen LogP contribution in [0.2, 0.25) is 0 Å². The van der Waals surface area contributed by atoms with Crippen LogP contribution < -0.4 is 10.5 Å². The van der Waals surface area contributed by atoms with Gasteiger partial charge in [0.25, 0.3) is 0 Å². The predicted molar refractivity (Wildman–Crippen MR) is 77.0 cm³/mol. The van der Waals surface area contributed by atoms with Crippen LogP contribution in [-0.4, -0.2) is 8.42 Å². The van der Waals surface area contributed by atoms with Crippen LogP contribution in [-0.2, 0) is 22.3 Å². The smallest absolute Gasteiger partial charge is 0.236 e. The first-order valence-electron chi connectivity index (χ1n) is 5.92. The summed E-state index contributed by atoms with van der Waals surface area (Å²) in [5.41, 5.74) is 7.79. The van der Waals surface area contributed by atoms with Crippen molar-refractivity contribution in [3.63, 3.8) is 0 Å². The first-order chi connectivity index (χ1) is 9.09. The number of hydrogen-bond acceptors (Lipinski definition) is 3. The lowest BCUT2D eigenvalue weighted by Gasteiger charge is -2.08. The molecule has 3 N–H and O–H groups in total. The molecular weight excluding hydrogens is 260 g/mol. The molecule has 0 saturated carbocycles. The fraction of sp³-hybridized carbons (Fsp3) is 0.143. The van der Waals surface area contributed by atoms with Gasteiger partial charge in [0.05, 0.1) is 5.75 Å². The molecular formula is C14H16N2O2S. The Bertz CT molecular complexity index is 622. The van der Waals surface area contributed by atoms with Gasteiger partial charge in [-0.1, -0.05) is 42.5 Å². The summed E-state index contributed by atoms with van der Waals surface area (Å²) in [5.74, 6) is -0.0489. The zero-order chi connectivity index (χ0) is 13.7. The Morgan fingerprint density at radius 3 is 2.05 bits per heavy atom. The fourth-order valence-electron chi connectivity index (χ4n) is 1.71. The standard InChI is InChI=1S/C14H16N2O2S/c15-10-12-6-8-13(9-7-12)11-19(17,18)16-14-4-2-1-3-5-14/h1-9,16H,10-11,15H2. The van der Waals surface area contributed by atoms with Crippen molar-refractivity contribution in [2.24, 2.45) is 5.73 Å². The molecule has 4 nitrogen and oxygen atoms in total. The maximum atomic E-state index is 12.0. The van der Waals surface area contributed by atoms with Crippen LogP contribution in [0.25, 0.3) is 0 Å². The molecule has 0 radical (unpaired) electrons. The zero-order valence-electron chi connectivity index (χ0n) is 10.4. The van der Waals surface area contributed by atoms with E-state index in [1.165, 1.54) is 0 Å².